The Bertz CT molecular complexity index is 820. The maximum Gasteiger partial charge on any atom is 0.416 e. The molecule has 0 atom stereocenters. The molecule has 0 aliphatic carbocycles. The van der Waals surface area contributed by atoms with E-state index in [4.69, 9.17) is 5.21 Å². The molecule has 0 spiro atoms. The van der Waals surface area contributed by atoms with E-state index in [0.717, 1.165) is 12.1 Å². The van der Waals surface area contributed by atoms with Crippen molar-refractivity contribution in [3.05, 3.63) is 64.7 Å². The topological polar surface area (TPSA) is 98.7 Å². The summed E-state index contributed by atoms with van der Waals surface area (Å²) in [5.41, 5.74) is 1.75. The lowest BCUT2D eigenvalue weighted by Gasteiger charge is -2.10. The molecule has 0 saturated heterocycles. The van der Waals surface area contributed by atoms with Crippen molar-refractivity contribution in [1.29, 1.82) is 0 Å². The zero-order valence-electron chi connectivity index (χ0n) is 14.0. The van der Waals surface area contributed by atoms with Crippen molar-refractivity contribution < 1.29 is 33.1 Å². The van der Waals surface area contributed by atoms with E-state index in [1.54, 1.807) is 0 Å². The first-order valence-corrected chi connectivity index (χ1v) is 7.90. The third-order valence-electron chi connectivity index (χ3n) is 3.81. The van der Waals surface area contributed by atoms with Crippen LogP contribution in [0.1, 0.15) is 33.5 Å². The summed E-state index contributed by atoms with van der Waals surface area (Å²) in [7, 11) is 0. The van der Waals surface area contributed by atoms with E-state index < -0.39 is 23.6 Å². The number of carbonyl (C=O) groups excluding carboxylic acids is 2. The quantitative estimate of drug-likeness (QED) is 0.456. The van der Waals surface area contributed by atoms with Gasteiger partial charge in [-0.1, -0.05) is 18.2 Å². The number of phenols is 1. The van der Waals surface area contributed by atoms with Gasteiger partial charge < -0.3 is 10.4 Å². The number of hydroxylamine groups is 1. The highest BCUT2D eigenvalue weighted by Gasteiger charge is 2.29. The van der Waals surface area contributed by atoms with Crippen molar-refractivity contribution in [2.24, 2.45) is 0 Å². The smallest absolute Gasteiger partial charge is 0.416 e. The van der Waals surface area contributed by atoms with Crippen LogP contribution in [0.25, 0.3) is 0 Å². The van der Waals surface area contributed by atoms with Gasteiger partial charge in [0.25, 0.3) is 5.91 Å². The second kappa shape index (κ2) is 8.54. The lowest BCUT2D eigenvalue weighted by atomic mass is 10.0. The molecule has 2 aromatic rings. The molecule has 0 aliphatic rings. The summed E-state index contributed by atoms with van der Waals surface area (Å²) >= 11 is 0. The van der Waals surface area contributed by atoms with Gasteiger partial charge in [-0.15, -0.1) is 0 Å². The Morgan fingerprint density at radius 2 is 1.63 bits per heavy atom. The molecule has 144 valence electrons. The van der Waals surface area contributed by atoms with Crippen molar-refractivity contribution in [1.82, 2.24) is 10.8 Å². The molecule has 0 fully saturated rings. The molecule has 2 aromatic carbocycles. The van der Waals surface area contributed by atoms with Crippen molar-refractivity contribution in [2.45, 2.75) is 25.6 Å². The summed E-state index contributed by atoms with van der Waals surface area (Å²) < 4.78 is 37.6. The number of rotatable bonds is 6. The largest absolute Gasteiger partial charge is 0.507 e. The SMILES string of the molecule is O=C(CCc1ccc(O)c(C(=O)NCc2ccc(C(F)(F)F)cc2)c1)NO. The summed E-state index contributed by atoms with van der Waals surface area (Å²) in [5.74, 6) is -1.47. The number of nitrogens with one attached hydrogen (secondary N) is 2. The maximum atomic E-state index is 12.5. The summed E-state index contributed by atoms with van der Waals surface area (Å²) in [5, 5.41) is 20.8. The van der Waals surface area contributed by atoms with Crippen LogP contribution in [-0.2, 0) is 23.9 Å². The summed E-state index contributed by atoms with van der Waals surface area (Å²) in [6.45, 7) is -0.0203. The van der Waals surface area contributed by atoms with Gasteiger partial charge in [0.2, 0.25) is 5.91 Å². The van der Waals surface area contributed by atoms with Crippen LogP contribution in [0.3, 0.4) is 0 Å². The third kappa shape index (κ3) is 5.71. The van der Waals surface area contributed by atoms with Crippen molar-refractivity contribution in [2.75, 3.05) is 0 Å². The monoisotopic (exact) mass is 382 g/mol. The number of aryl methyl sites for hydroxylation is 1. The molecule has 2 amide bonds. The van der Waals surface area contributed by atoms with Crippen molar-refractivity contribution in [3.8, 4) is 5.75 Å². The van der Waals surface area contributed by atoms with E-state index in [0.29, 0.717) is 11.1 Å². The van der Waals surface area contributed by atoms with Gasteiger partial charge in [-0.3, -0.25) is 14.8 Å². The fraction of sp³-hybridized carbons (Fsp3) is 0.222. The fourth-order valence-electron chi connectivity index (χ4n) is 2.32. The van der Waals surface area contributed by atoms with Crippen LogP contribution < -0.4 is 10.8 Å². The second-order valence-electron chi connectivity index (χ2n) is 5.76. The molecular weight excluding hydrogens is 365 g/mol. The zero-order chi connectivity index (χ0) is 20.0. The van der Waals surface area contributed by atoms with E-state index in [2.05, 4.69) is 5.32 Å². The van der Waals surface area contributed by atoms with Crippen molar-refractivity contribution in [3.63, 3.8) is 0 Å². The van der Waals surface area contributed by atoms with Crippen LogP contribution >= 0.6 is 0 Å². The Hall–Kier alpha value is -3.07. The average molecular weight is 382 g/mol. The van der Waals surface area contributed by atoms with E-state index in [1.165, 1.54) is 35.8 Å². The molecule has 0 saturated carbocycles. The van der Waals surface area contributed by atoms with E-state index in [-0.39, 0.29) is 30.7 Å². The molecule has 0 aliphatic heterocycles. The maximum absolute atomic E-state index is 12.5. The molecule has 6 nitrogen and oxygen atoms in total. The standard InChI is InChI=1S/C18H17F3N2O4/c19-18(20,21)13-5-1-12(2-6-13)10-22-17(26)14-9-11(3-7-15(14)24)4-8-16(25)23-27/h1-3,5-7,9,24,27H,4,8,10H2,(H,22,26)(H,23,25). The van der Waals surface area contributed by atoms with Gasteiger partial charge in [-0.05, 0) is 41.8 Å². The lowest BCUT2D eigenvalue weighted by Crippen LogP contribution is -2.23. The van der Waals surface area contributed by atoms with Crippen LogP contribution in [0.2, 0.25) is 0 Å². The van der Waals surface area contributed by atoms with Gasteiger partial charge in [0.1, 0.15) is 5.75 Å². The van der Waals surface area contributed by atoms with Crippen molar-refractivity contribution >= 4 is 11.8 Å². The summed E-state index contributed by atoms with van der Waals surface area (Å²) in [4.78, 5) is 23.3. The summed E-state index contributed by atoms with van der Waals surface area (Å²) in [6, 6.07) is 8.60. The number of hydrogen-bond acceptors (Lipinski definition) is 4. The number of alkyl halides is 3. The lowest BCUT2D eigenvalue weighted by molar-refractivity contribution is -0.137. The van der Waals surface area contributed by atoms with Gasteiger partial charge >= 0.3 is 6.18 Å². The summed E-state index contributed by atoms with van der Waals surface area (Å²) in [6.07, 6.45) is -4.19. The van der Waals surface area contributed by atoms with Crippen LogP contribution in [0.15, 0.2) is 42.5 Å². The van der Waals surface area contributed by atoms with E-state index >= 15 is 0 Å². The minimum Gasteiger partial charge on any atom is -0.507 e. The molecule has 0 bridgehead atoms. The van der Waals surface area contributed by atoms with Gasteiger partial charge in [0.15, 0.2) is 0 Å². The predicted molar refractivity (Wildman–Crippen MR) is 89.0 cm³/mol. The number of aromatic hydroxyl groups is 1. The Morgan fingerprint density at radius 3 is 2.22 bits per heavy atom. The second-order valence-corrected chi connectivity index (χ2v) is 5.76. The first-order chi connectivity index (χ1) is 12.7. The molecule has 9 heteroatoms. The number of benzene rings is 2. The zero-order valence-corrected chi connectivity index (χ0v) is 14.0. The van der Waals surface area contributed by atoms with Crippen LogP contribution in [0.4, 0.5) is 13.2 Å². The van der Waals surface area contributed by atoms with Gasteiger partial charge in [0.05, 0.1) is 11.1 Å². The van der Waals surface area contributed by atoms with Gasteiger partial charge in [-0.25, -0.2) is 5.48 Å². The van der Waals surface area contributed by atoms with Gasteiger partial charge in [0, 0.05) is 13.0 Å². The predicted octanol–water partition coefficient (Wildman–Crippen LogP) is 2.78. The first-order valence-electron chi connectivity index (χ1n) is 7.90. The Kier molecular flexibility index (Phi) is 6.40. The number of hydrogen-bond donors (Lipinski definition) is 4. The Morgan fingerprint density at radius 1 is 1.00 bits per heavy atom. The molecular formula is C18H17F3N2O4. The highest BCUT2D eigenvalue weighted by Crippen LogP contribution is 2.29. The number of phenolic OH excluding ortho intramolecular Hbond substituents is 1. The fourth-order valence-corrected chi connectivity index (χ4v) is 2.32. The Labute approximate surface area is 152 Å². The minimum atomic E-state index is -4.43. The number of amides is 2. The highest BCUT2D eigenvalue weighted by atomic mass is 19.4. The van der Waals surface area contributed by atoms with Crippen LogP contribution in [0.5, 0.6) is 5.75 Å². The van der Waals surface area contributed by atoms with Crippen LogP contribution in [-0.4, -0.2) is 22.1 Å². The van der Waals surface area contributed by atoms with E-state index in [9.17, 15) is 27.9 Å². The molecule has 2 rings (SSSR count). The average Bonchev–Trinajstić information content (AvgIpc) is 2.64. The number of halogens is 3. The number of carbonyl (C=O) groups is 2. The Balaban J connectivity index is 2.01. The van der Waals surface area contributed by atoms with E-state index in [1.807, 2.05) is 0 Å². The first kappa shape index (κ1) is 20.2. The molecule has 4 N–H and O–H groups in total. The van der Waals surface area contributed by atoms with Gasteiger partial charge in [-0.2, -0.15) is 13.2 Å². The highest BCUT2D eigenvalue weighted by molar-refractivity contribution is 5.97. The molecule has 0 radical (unpaired) electrons. The molecule has 0 aromatic heterocycles. The molecule has 0 heterocycles. The minimum absolute atomic E-state index is 0.00606. The molecule has 0 unspecified atom stereocenters. The third-order valence-corrected chi connectivity index (χ3v) is 3.81. The molecule has 27 heavy (non-hydrogen) atoms. The normalized spacial score (nSPS) is 11.1. The van der Waals surface area contributed by atoms with Crippen LogP contribution in [0, 0.1) is 0 Å².